The fourth-order valence-electron chi connectivity index (χ4n) is 0.231. The van der Waals surface area contributed by atoms with Crippen molar-refractivity contribution in [3.8, 4) is 0 Å². The summed E-state index contributed by atoms with van der Waals surface area (Å²) in [5, 5.41) is 16.5. The summed E-state index contributed by atoms with van der Waals surface area (Å²) >= 11 is 0. The summed E-state index contributed by atoms with van der Waals surface area (Å²) < 4.78 is 4.23. The second kappa shape index (κ2) is 2.26. The van der Waals surface area contributed by atoms with E-state index in [0.29, 0.717) is 0 Å². The molecule has 0 atom stereocenters. The average molecular weight is 105 g/mol. The first-order valence-electron chi connectivity index (χ1n) is 2.00. The van der Waals surface area contributed by atoms with Crippen molar-refractivity contribution < 1.29 is 14.9 Å². The van der Waals surface area contributed by atoms with Gasteiger partial charge in [0.25, 0.3) is 5.97 Å². The van der Waals surface area contributed by atoms with Gasteiger partial charge in [0.05, 0.1) is 0 Å². The molecule has 0 amide bonds. The summed E-state index contributed by atoms with van der Waals surface area (Å²) in [7, 11) is 0. The largest absolute Gasteiger partial charge is 0.343 e. The molecule has 0 unspecified atom stereocenters. The molecule has 0 aromatic carbocycles. The maximum atomic E-state index is 8.24. The lowest BCUT2D eigenvalue weighted by atomic mass is 10.6. The van der Waals surface area contributed by atoms with E-state index >= 15 is 0 Å². The van der Waals surface area contributed by atoms with E-state index in [9.17, 15) is 0 Å². The standard InChI is InChI=1S/C4H9O3/c1-3-7-4(2,5)6/h5-6H,2-3H2,1H3. The van der Waals surface area contributed by atoms with Gasteiger partial charge >= 0.3 is 0 Å². The highest BCUT2D eigenvalue weighted by Crippen LogP contribution is 1.95. The summed E-state index contributed by atoms with van der Waals surface area (Å²) in [4.78, 5) is 0. The molecule has 0 aromatic heterocycles. The highest BCUT2D eigenvalue weighted by atomic mass is 16.8. The zero-order chi connectivity index (χ0) is 5.91. The van der Waals surface area contributed by atoms with Gasteiger partial charge < -0.3 is 14.9 Å². The van der Waals surface area contributed by atoms with Gasteiger partial charge in [-0.05, 0) is 6.92 Å². The van der Waals surface area contributed by atoms with E-state index in [1.807, 2.05) is 0 Å². The third-order valence-corrected chi connectivity index (χ3v) is 0.375. The highest BCUT2D eigenvalue weighted by Gasteiger charge is 2.12. The van der Waals surface area contributed by atoms with Crippen molar-refractivity contribution in [2.45, 2.75) is 12.9 Å². The molecule has 0 aliphatic rings. The molecule has 43 valence electrons. The van der Waals surface area contributed by atoms with Crippen LogP contribution < -0.4 is 0 Å². The van der Waals surface area contributed by atoms with Crippen molar-refractivity contribution in [3.05, 3.63) is 6.92 Å². The second-order valence-electron chi connectivity index (χ2n) is 1.18. The van der Waals surface area contributed by atoms with Gasteiger partial charge in [0.15, 0.2) is 0 Å². The topological polar surface area (TPSA) is 49.7 Å². The second-order valence-corrected chi connectivity index (χ2v) is 1.18. The molecule has 2 N–H and O–H groups in total. The number of aliphatic hydroxyl groups is 2. The molecule has 7 heavy (non-hydrogen) atoms. The normalized spacial score (nSPS) is 12.0. The molecule has 0 spiro atoms. The Bertz CT molecular complexity index is 45.4. The Morgan fingerprint density at radius 1 is 1.71 bits per heavy atom. The smallest absolute Gasteiger partial charge is 0.278 e. The van der Waals surface area contributed by atoms with Crippen LogP contribution in [0.15, 0.2) is 0 Å². The van der Waals surface area contributed by atoms with Gasteiger partial charge in [0.1, 0.15) is 0 Å². The molecule has 0 rings (SSSR count). The van der Waals surface area contributed by atoms with Crippen LogP contribution >= 0.6 is 0 Å². The van der Waals surface area contributed by atoms with Crippen molar-refractivity contribution in [2.24, 2.45) is 0 Å². The van der Waals surface area contributed by atoms with Gasteiger partial charge in [-0.15, -0.1) is 0 Å². The van der Waals surface area contributed by atoms with Crippen molar-refractivity contribution in [3.63, 3.8) is 0 Å². The SMILES string of the molecule is [CH2]C(O)(O)OCC. The van der Waals surface area contributed by atoms with Crippen molar-refractivity contribution in [2.75, 3.05) is 6.61 Å². The highest BCUT2D eigenvalue weighted by molar-refractivity contribution is 4.48. The molecular weight excluding hydrogens is 96.0 g/mol. The third kappa shape index (κ3) is 5.88. The predicted octanol–water partition coefficient (Wildman–Crippen LogP) is -0.505. The van der Waals surface area contributed by atoms with Crippen molar-refractivity contribution >= 4 is 0 Å². The van der Waals surface area contributed by atoms with E-state index in [0.717, 1.165) is 0 Å². The Kier molecular flexibility index (Phi) is 2.22. The van der Waals surface area contributed by atoms with Gasteiger partial charge in [-0.3, -0.25) is 0 Å². The van der Waals surface area contributed by atoms with Crippen LogP contribution in [-0.2, 0) is 4.74 Å². The first-order valence-corrected chi connectivity index (χ1v) is 2.00. The zero-order valence-electron chi connectivity index (χ0n) is 4.22. The first-order chi connectivity index (χ1) is 3.06. The van der Waals surface area contributed by atoms with Gasteiger partial charge in [0, 0.05) is 13.5 Å². The number of rotatable bonds is 2. The minimum absolute atomic E-state index is 0.247. The van der Waals surface area contributed by atoms with Crippen LogP contribution in [0.5, 0.6) is 0 Å². The molecule has 0 aromatic rings. The lowest BCUT2D eigenvalue weighted by molar-refractivity contribution is -0.303. The van der Waals surface area contributed by atoms with E-state index in [-0.39, 0.29) is 6.61 Å². The maximum absolute atomic E-state index is 8.24. The first kappa shape index (κ1) is 6.88. The molecule has 3 heteroatoms. The Morgan fingerprint density at radius 3 is 2.14 bits per heavy atom. The molecular formula is C4H9O3. The van der Waals surface area contributed by atoms with Crippen LogP contribution in [0, 0.1) is 6.92 Å². The van der Waals surface area contributed by atoms with Crippen molar-refractivity contribution in [1.29, 1.82) is 0 Å². The summed E-state index contributed by atoms with van der Waals surface area (Å²) in [5.74, 6) is -2.20. The third-order valence-electron chi connectivity index (χ3n) is 0.375. The summed E-state index contributed by atoms with van der Waals surface area (Å²) in [5.41, 5.74) is 0. The molecule has 0 saturated carbocycles. The maximum Gasteiger partial charge on any atom is 0.278 e. The van der Waals surface area contributed by atoms with E-state index < -0.39 is 5.97 Å². The quantitative estimate of drug-likeness (QED) is 0.465. The Labute approximate surface area is 42.5 Å². The lowest BCUT2D eigenvalue weighted by Crippen LogP contribution is -2.27. The Morgan fingerprint density at radius 2 is 2.14 bits per heavy atom. The van der Waals surface area contributed by atoms with Crippen LogP contribution in [-0.4, -0.2) is 22.8 Å². The summed E-state index contributed by atoms with van der Waals surface area (Å²) in [6.07, 6.45) is 0. The monoisotopic (exact) mass is 105 g/mol. The van der Waals surface area contributed by atoms with E-state index in [1.54, 1.807) is 6.92 Å². The van der Waals surface area contributed by atoms with E-state index in [4.69, 9.17) is 10.2 Å². The average Bonchev–Trinajstić information content (AvgIpc) is 1.30. The molecule has 3 nitrogen and oxygen atoms in total. The number of ether oxygens (including phenoxy) is 1. The number of hydrogen-bond acceptors (Lipinski definition) is 3. The molecule has 0 fully saturated rings. The van der Waals surface area contributed by atoms with Gasteiger partial charge in [-0.1, -0.05) is 0 Å². The molecule has 0 aliphatic heterocycles. The summed E-state index contributed by atoms with van der Waals surface area (Å²) in [6, 6.07) is 0. The van der Waals surface area contributed by atoms with Crippen LogP contribution in [0.4, 0.5) is 0 Å². The Hall–Kier alpha value is -0.120. The number of hydrogen-bond donors (Lipinski definition) is 2. The van der Waals surface area contributed by atoms with Crippen LogP contribution in [0.1, 0.15) is 6.92 Å². The lowest BCUT2D eigenvalue weighted by Gasteiger charge is -2.13. The van der Waals surface area contributed by atoms with Crippen LogP contribution in [0.25, 0.3) is 0 Å². The molecule has 0 saturated heterocycles. The Balaban J connectivity index is 3.15. The van der Waals surface area contributed by atoms with Gasteiger partial charge in [-0.25, -0.2) is 0 Å². The van der Waals surface area contributed by atoms with Crippen LogP contribution in [0.3, 0.4) is 0 Å². The molecule has 0 heterocycles. The molecule has 0 aliphatic carbocycles. The summed E-state index contributed by atoms with van der Waals surface area (Å²) in [6.45, 7) is 4.74. The minimum atomic E-state index is -2.20. The fourth-order valence-corrected chi connectivity index (χ4v) is 0.231. The van der Waals surface area contributed by atoms with Gasteiger partial charge in [-0.2, -0.15) is 0 Å². The zero-order valence-corrected chi connectivity index (χ0v) is 4.22. The van der Waals surface area contributed by atoms with E-state index in [1.165, 1.54) is 0 Å². The van der Waals surface area contributed by atoms with Crippen molar-refractivity contribution in [1.82, 2.24) is 0 Å². The fraction of sp³-hybridized carbons (Fsp3) is 0.750. The minimum Gasteiger partial charge on any atom is -0.343 e. The van der Waals surface area contributed by atoms with Crippen LogP contribution in [0.2, 0.25) is 0 Å². The molecule has 0 bridgehead atoms. The van der Waals surface area contributed by atoms with Gasteiger partial charge in [0.2, 0.25) is 0 Å². The predicted molar refractivity (Wildman–Crippen MR) is 24.2 cm³/mol. The molecule has 1 radical (unpaired) electrons. The van der Waals surface area contributed by atoms with E-state index in [2.05, 4.69) is 11.7 Å².